The number of primary amides is 1. The first-order valence-electron chi connectivity index (χ1n) is 17.9. The molecule has 0 aromatic rings. The van der Waals surface area contributed by atoms with E-state index in [0.717, 1.165) is 32.1 Å². The van der Waals surface area contributed by atoms with Crippen LogP contribution in [0.2, 0.25) is 0 Å². The molecule has 2 spiro atoms. The highest BCUT2D eigenvalue weighted by Gasteiger charge is 2.84. The van der Waals surface area contributed by atoms with Gasteiger partial charge in [0.2, 0.25) is 5.91 Å². The predicted octanol–water partition coefficient (Wildman–Crippen LogP) is 3.46. The second-order valence-corrected chi connectivity index (χ2v) is 18.3. The van der Waals surface area contributed by atoms with Crippen molar-refractivity contribution < 1.29 is 34.3 Å². The number of ether oxygens (including phenoxy) is 3. The Labute approximate surface area is 269 Å². The number of nitrogens with zero attached hydrogens (tertiary/aromatic N) is 1. The van der Waals surface area contributed by atoms with E-state index in [4.69, 9.17) is 19.9 Å². The molecule has 7 rings (SSSR count). The van der Waals surface area contributed by atoms with Crippen molar-refractivity contribution in [2.24, 2.45) is 56.5 Å². The number of hydrogen-bond donors (Lipinski definition) is 4. The van der Waals surface area contributed by atoms with Crippen LogP contribution in [0.15, 0.2) is 0 Å². The second-order valence-electron chi connectivity index (χ2n) is 18.3. The van der Waals surface area contributed by atoms with Gasteiger partial charge in [-0.05, 0) is 111 Å². The Bertz CT molecular complexity index is 1190. The SMILES string of the molecule is C[C@@H]1C[C@H]([C@H](O)C(C)(C)O)O[C@H]2[C@H]1[C@@]1(C)CC[C@@]34C[C@@]35CC[C@H](O[C@H]3CN(CC(N)=O)CCO3)C(C)(C)[C@@H]5CC[C@H]4[C@]1(C)[C@H]2O. The lowest BCUT2D eigenvalue weighted by Crippen LogP contribution is -2.60. The number of carbonyl (C=O) groups is 1. The van der Waals surface area contributed by atoms with Gasteiger partial charge in [-0.3, -0.25) is 9.69 Å². The van der Waals surface area contributed by atoms with E-state index in [1.54, 1.807) is 13.8 Å². The topological polar surface area (TPSA) is 135 Å². The zero-order chi connectivity index (χ0) is 32.5. The summed E-state index contributed by atoms with van der Waals surface area (Å²) in [5.74, 6) is 1.20. The van der Waals surface area contributed by atoms with Crippen molar-refractivity contribution in [1.82, 2.24) is 4.90 Å². The molecule has 0 aromatic carbocycles. The molecule has 2 aliphatic heterocycles. The van der Waals surface area contributed by atoms with Gasteiger partial charge in [0.15, 0.2) is 6.29 Å². The van der Waals surface area contributed by atoms with Crippen molar-refractivity contribution in [1.29, 1.82) is 0 Å². The van der Waals surface area contributed by atoms with Crippen molar-refractivity contribution in [3.8, 4) is 0 Å². The first kappa shape index (κ1) is 32.7. The summed E-state index contributed by atoms with van der Waals surface area (Å²) in [6, 6.07) is 0. The quantitative estimate of drug-likeness (QED) is 0.350. The van der Waals surface area contributed by atoms with Gasteiger partial charge in [0.1, 0.15) is 6.10 Å². The standard InChI is InChI=1S/C36H60N2O7/c1-20-16-21(29(40)32(4,5)42)44-28-27(20)33(6)12-13-36-19-35(36)11-10-24(45-26-18-38(14-15-43-26)17-25(37)39)31(2,3)22(35)8-9-23(36)34(33,7)30(28)41/h20-24,26-30,40-42H,8-19H2,1-7H3,(H2,37,39)/t20-,21-,22+,23+,24+,26+,27+,28+,29+,30+,33-,34-,35-,36+/m1/s1. The highest BCUT2D eigenvalue weighted by atomic mass is 16.7. The largest absolute Gasteiger partial charge is 0.390 e. The fourth-order valence-electron chi connectivity index (χ4n) is 13.5. The summed E-state index contributed by atoms with van der Waals surface area (Å²) >= 11 is 0. The lowest BCUT2D eigenvalue weighted by atomic mass is 9.41. The average Bonchev–Trinajstić information content (AvgIpc) is 3.58. The minimum atomic E-state index is -1.26. The number of hydrogen-bond acceptors (Lipinski definition) is 8. The highest BCUT2D eigenvalue weighted by molar-refractivity contribution is 5.75. The summed E-state index contributed by atoms with van der Waals surface area (Å²) in [5.41, 5.74) is 4.42. The highest BCUT2D eigenvalue weighted by Crippen LogP contribution is 2.89. The number of amides is 1. The molecule has 9 heteroatoms. The maximum atomic E-state index is 12.4. The van der Waals surface area contributed by atoms with E-state index in [0.29, 0.717) is 43.9 Å². The van der Waals surface area contributed by atoms with Crippen LogP contribution in [0.1, 0.15) is 99.8 Å². The van der Waals surface area contributed by atoms with Crippen molar-refractivity contribution in [2.75, 3.05) is 26.2 Å². The molecule has 7 fully saturated rings. The van der Waals surface area contributed by atoms with Crippen molar-refractivity contribution >= 4 is 5.91 Å². The zero-order valence-electron chi connectivity index (χ0n) is 28.8. The van der Waals surface area contributed by atoms with Gasteiger partial charge in [-0.25, -0.2) is 0 Å². The van der Waals surface area contributed by atoms with Gasteiger partial charge in [0.05, 0.1) is 49.7 Å². The second kappa shape index (κ2) is 10.3. The third kappa shape index (κ3) is 4.39. The molecule has 5 N–H and O–H groups in total. The van der Waals surface area contributed by atoms with Gasteiger partial charge in [0, 0.05) is 12.0 Å². The Balaban J connectivity index is 1.12. The van der Waals surface area contributed by atoms with Gasteiger partial charge in [-0.15, -0.1) is 0 Å². The lowest BCUT2D eigenvalue weighted by molar-refractivity contribution is -0.248. The smallest absolute Gasteiger partial charge is 0.231 e. The number of morpholine rings is 1. The number of rotatable bonds is 6. The molecule has 9 nitrogen and oxygen atoms in total. The van der Waals surface area contributed by atoms with Crippen LogP contribution in [0.4, 0.5) is 0 Å². The fraction of sp³-hybridized carbons (Fsp3) is 0.972. The third-order valence-corrected chi connectivity index (χ3v) is 15.7. The predicted molar refractivity (Wildman–Crippen MR) is 169 cm³/mol. The Morgan fingerprint density at radius 3 is 2.47 bits per heavy atom. The summed E-state index contributed by atoms with van der Waals surface area (Å²) in [5, 5.41) is 34.0. The molecule has 45 heavy (non-hydrogen) atoms. The summed E-state index contributed by atoms with van der Waals surface area (Å²) < 4.78 is 19.4. The molecule has 0 unspecified atom stereocenters. The molecule has 256 valence electrons. The lowest BCUT2D eigenvalue weighted by Gasteiger charge is -2.64. The van der Waals surface area contributed by atoms with E-state index in [1.165, 1.54) is 12.8 Å². The minimum Gasteiger partial charge on any atom is -0.390 e. The van der Waals surface area contributed by atoms with Gasteiger partial charge < -0.3 is 35.3 Å². The van der Waals surface area contributed by atoms with Crippen LogP contribution < -0.4 is 5.73 Å². The van der Waals surface area contributed by atoms with Crippen LogP contribution in [-0.4, -0.2) is 94.8 Å². The molecule has 0 aromatic heterocycles. The van der Waals surface area contributed by atoms with Gasteiger partial charge >= 0.3 is 0 Å². The molecule has 7 aliphatic rings. The molecular formula is C36H60N2O7. The van der Waals surface area contributed by atoms with E-state index >= 15 is 0 Å². The molecule has 0 radical (unpaired) electrons. The van der Waals surface area contributed by atoms with E-state index in [2.05, 4.69) is 34.6 Å². The Morgan fingerprint density at radius 1 is 1.09 bits per heavy atom. The summed E-state index contributed by atoms with van der Waals surface area (Å²) in [6.45, 7) is 17.3. The number of fused-ring (bicyclic) bond motifs is 4. The van der Waals surface area contributed by atoms with E-state index in [9.17, 15) is 20.1 Å². The molecule has 2 saturated heterocycles. The van der Waals surface area contributed by atoms with Crippen LogP contribution in [0.3, 0.4) is 0 Å². The monoisotopic (exact) mass is 632 g/mol. The van der Waals surface area contributed by atoms with Crippen LogP contribution in [-0.2, 0) is 19.0 Å². The normalized spacial score (nSPS) is 52.9. The van der Waals surface area contributed by atoms with E-state index < -0.39 is 23.9 Å². The van der Waals surface area contributed by atoms with Crippen molar-refractivity contribution in [3.63, 3.8) is 0 Å². The van der Waals surface area contributed by atoms with Crippen LogP contribution in [0, 0.1) is 50.7 Å². The maximum Gasteiger partial charge on any atom is 0.231 e. The molecular weight excluding hydrogens is 572 g/mol. The third-order valence-electron chi connectivity index (χ3n) is 15.7. The van der Waals surface area contributed by atoms with Gasteiger partial charge in [-0.2, -0.15) is 0 Å². The molecule has 5 saturated carbocycles. The summed E-state index contributed by atoms with van der Waals surface area (Å²) in [4.78, 5) is 13.6. The van der Waals surface area contributed by atoms with Crippen LogP contribution >= 0.6 is 0 Å². The number of carbonyl (C=O) groups excluding carboxylic acids is 1. The fourth-order valence-corrected chi connectivity index (χ4v) is 13.5. The molecule has 2 heterocycles. The maximum absolute atomic E-state index is 12.4. The minimum absolute atomic E-state index is 0.00986. The van der Waals surface area contributed by atoms with E-state index in [-0.39, 0.29) is 63.9 Å². The molecule has 0 bridgehead atoms. The number of nitrogens with two attached hydrogens (primary N) is 1. The molecule has 1 amide bonds. The zero-order valence-corrected chi connectivity index (χ0v) is 28.8. The summed E-state index contributed by atoms with van der Waals surface area (Å²) in [7, 11) is 0. The summed E-state index contributed by atoms with van der Waals surface area (Å²) in [6.07, 6.45) is 6.06. The Morgan fingerprint density at radius 2 is 1.78 bits per heavy atom. The average molecular weight is 633 g/mol. The van der Waals surface area contributed by atoms with Crippen LogP contribution in [0.5, 0.6) is 0 Å². The first-order chi connectivity index (χ1) is 20.9. The number of aliphatic hydroxyl groups excluding tert-OH is 2. The van der Waals surface area contributed by atoms with Gasteiger partial charge in [0.25, 0.3) is 0 Å². The van der Waals surface area contributed by atoms with Gasteiger partial charge in [-0.1, -0.05) is 34.6 Å². The van der Waals surface area contributed by atoms with E-state index in [1.807, 2.05) is 4.90 Å². The molecule has 14 atom stereocenters. The first-order valence-corrected chi connectivity index (χ1v) is 17.9. The van der Waals surface area contributed by atoms with Crippen LogP contribution in [0.25, 0.3) is 0 Å². The van der Waals surface area contributed by atoms with Crippen molar-refractivity contribution in [3.05, 3.63) is 0 Å². The van der Waals surface area contributed by atoms with Crippen molar-refractivity contribution in [2.45, 2.75) is 142 Å². The Kier molecular flexibility index (Phi) is 7.53. The number of aliphatic hydroxyl groups is 3. The molecule has 5 aliphatic carbocycles. The Hall–Kier alpha value is -0.810.